The summed E-state index contributed by atoms with van der Waals surface area (Å²) in [5.74, 6) is 0. The van der Waals surface area contributed by atoms with E-state index in [0.29, 0.717) is 6.04 Å². The molecule has 0 radical (unpaired) electrons. The van der Waals surface area contributed by atoms with Gasteiger partial charge in [0.2, 0.25) is 0 Å². The maximum absolute atomic E-state index is 4.42. The molecule has 0 bridgehead atoms. The zero-order valence-corrected chi connectivity index (χ0v) is 12.9. The van der Waals surface area contributed by atoms with Gasteiger partial charge in [0.05, 0.1) is 5.69 Å². The lowest BCUT2D eigenvalue weighted by Gasteiger charge is -2.17. The van der Waals surface area contributed by atoms with Crippen LogP contribution in [0, 0.1) is 6.92 Å². The van der Waals surface area contributed by atoms with E-state index in [0.717, 1.165) is 23.1 Å². The summed E-state index contributed by atoms with van der Waals surface area (Å²) in [5.41, 5.74) is 3.60. The lowest BCUT2D eigenvalue weighted by atomic mass is 10.0. The Labute approximate surface area is 123 Å². The molecular weight excluding hydrogens is 300 g/mol. The second kappa shape index (κ2) is 6.83. The van der Waals surface area contributed by atoms with Crippen LogP contribution in [0.4, 0.5) is 0 Å². The predicted molar refractivity (Wildman–Crippen MR) is 83.0 cm³/mol. The summed E-state index contributed by atoms with van der Waals surface area (Å²) >= 11 is 3.47. The summed E-state index contributed by atoms with van der Waals surface area (Å²) in [6.45, 7) is 5.05. The van der Waals surface area contributed by atoms with Gasteiger partial charge in [-0.05, 0) is 42.7 Å². The Hall–Kier alpha value is -1.19. The van der Waals surface area contributed by atoms with Crippen molar-refractivity contribution >= 4 is 15.9 Å². The molecule has 0 aliphatic heterocycles. The summed E-state index contributed by atoms with van der Waals surface area (Å²) in [7, 11) is 0. The minimum absolute atomic E-state index is 0.371. The highest BCUT2D eigenvalue weighted by atomic mass is 79.9. The van der Waals surface area contributed by atoms with Crippen molar-refractivity contribution in [3.8, 4) is 0 Å². The Bertz CT molecular complexity index is 505. The van der Waals surface area contributed by atoms with Gasteiger partial charge in [-0.1, -0.05) is 41.1 Å². The molecule has 2 nitrogen and oxygen atoms in total. The number of hydrogen-bond donors (Lipinski definition) is 1. The quantitative estimate of drug-likeness (QED) is 0.884. The van der Waals surface area contributed by atoms with E-state index in [-0.39, 0.29) is 0 Å². The van der Waals surface area contributed by atoms with Crippen LogP contribution < -0.4 is 5.32 Å². The third-order valence-corrected chi connectivity index (χ3v) is 3.71. The number of nitrogens with zero attached hydrogens (tertiary/aromatic N) is 1. The fourth-order valence-corrected chi connectivity index (χ4v) is 2.29. The van der Waals surface area contributed by atoms with Crippen LogP contribution in [0.1, 0.15) is 36.2 Å². The van der Waals surface area contributed by atoms with Crippen molar-refractivity contribution in [2.24, 2.45) is 0 Å². The highest BCUT2D eigenvalue weighted by Gasteiger charge is 2.08. The normalized spacial score (nSPS) is 12.4. The average molecular weight is 319 g/mol. The molecule has 0 aliphatic carbocycles. The van der Waals surface area contributed by atoms with Gasteiger partial charge < -0.3 is 5.32 Å². The molecule has 19 heavy (non-hydrogen) atoms. The topological polar surface area (TPSA) is 24.9 Å². The van der Waals surface area contributed by atoms with E-state index in [1.165, 1.54) is 11.1 Å². The molecule has 1 unspecified atom stereocenters. The van der Waals surface area contributed by atoms with Gasteiger partial charge in [0, 0.05) is 23.3 Å². The van der Waals surface area contributed by atoms with E-state index in [9.17, 15) is 0 Å². The number of aryl methyl sites for hydroxylation is 1. The molecule has 1 heterocycles. The summed E-state index contributed by atoms with van der Waals surface area (Å²) in [5, 5.41) is 3.56. The third-order valence-electron chi connectivity index (χ3n) is 3.18. The smallest absolute Gasteiger partial charge is 0.0542 e. The molecule has 0 saturated carbocycles. The first-order valence-electron chi connectivity index (χ1n) is 6.59. The monoisotopic (exact) mass is 318 g/mol. The molecule has 100 valence electrons. The first kappa shape index (κ1) is 14.2. The SMILES string of the molecule is CCC(NCc1ccc(C)cn1)c1ccc(Br)cc1. The minimum Gasteiger partial charge on any atom is -0.304 e. The Kier molecular flexibility index (Phi) is 5.11. The zero-order valence-electron chi connectivity index (χ0n) is 11.4. The van der Waals surface area contributed by atoms with Crippen molar-refractivity contribution in [1.82, 2.24) is 10.3 Å². The van der Waals surface area contributed by atoms with Crippen LogP contribution in [0.15, 0.2) is 47.1 Å². The first-order valence-corrected chi connectivity index (χ1v) is 7.38. The van der Waals surface area contributed by atoms with Gasteiger partial charge in [-0.25, -0.2) is 0 Å². The van der Waals surface area contributed by atoms with Crippen molar-refractivity contribution in [1.29, 1.82) is 0 Å². The van der Waals surface area contributed by atoms with Crippen LogP contribution in [0.3, 0.4) is 0 Å². The number of benzene rings is 1. The average Bonchev–Trinajstić information content (AvgIpc) is 2.43. The molecule has 1 aromatic carbocycles. The van der Waals surface area contributed by atoms with Gasteiger partial charge in [-0.15, -0.1) is 0 Å². The Morgan fingerprint density at radius 2 is 1.89 bits per heavy atom. The fraction of sp³-hybridized carbons (Fsp3) is 0.312. The van der Waals surface area contributed by atoms with Gasteiger partial charge in [-0.2, -0.15) is 0 Å². The predicted octanol–water partition coefficient (Wildman–Crippen LogP) is 4.39. The van der Waals surface area contributed by atoms with Crippen LogP contribution in [0.25, 0.3) is 0 Å². The summed E-state index contributed by atoms with van der Waals surface area (Å²) in [6, 6.07) is 13.0. The van der Waals surface area contributed by atoms with Crippen molar-refractivity contribution in [3.63, 3.8) is 0 Å². The molecule has 0 fully saturated rings. The first-order chi connectivity index (χ1) is 9.19. The largest absolute Gasteiger partial charge is 0.304 e. The second-order valence-corrected chi connectivity index (χ2v) is 5.64. The number of halogens is 1. The maximum atomic E-state index is 4.42. The van der Waals surface area contributed by atoms with E-state index in [1.54, 1.807) is 0 Å². The van der Waals surface area contributed by atoms with Crippen LogP contribution in [0.5, 0.6) is 0 Å². The van der Waals surface area contributed by atoms with Crippen LogP contribution in [-0.2, 0) is 6.54 Å². The van der Waals surface area contributed by atoms with Gasteiger partial charge in [-0.3, -0.25) is 4.98 Å². The minimum atomic E-state index is 0.371. The molecule has 3 heteroatoms. The molecule has 1 aromatic heterocycles. The van der Waals surface area contributed by atoms with Crippen molar-refractivity contribution in [2.75, 3.05) is 0 Å². The standard InChI is InChI=1S/C16H19BrN2/c1-3-16(13-5-7-14(17)8-6-13)19-11-15-9-4-12(2)10-18-15/h4-10,16,19H,3,11H2,1-2H3. The van der Waals surface area contributed by atoms with Gasteiger partial charge in [0.1, 0.15) is 0 Å². The number of pyridine rings is 1. The van der Waals surface area contributed by atoms with E-state index in [4.69, 9.17) is 0 Å². The highest BCUT2D eigenvalue weighted by molar-refractivity contribution is 9.10. The fourth-order valence-electron chi connectivity index (χ4n) is 2.02. The lowest BCUT2D eigenvalue weighted by Crippen LogP contribution is -2.20. The van der Waals surface area contributed by atoms with Crippen LogP contribution in [0.2, 0.25) is 0 Å². The van der Waals surface area contributed by atoms with Gasteiger partial charge in [0.15, 0.2) is 0 Å². The van der Waals surface area contributed by atoms with Crippen molar-refractivity contribution in [3.05, 3.63) is 63.9 Å². The van der Waals surface area contributed by atoms with E-state index in [2.05, 4.69) is 76.5 Å². The summed E-state index contributed by atoms with van der Waals surface area (Å²) in [6.07, 6.45) is 2.98. The summed E-state index contributed by atoms with van der Waals surface area (Å²) in [4.78, 5) is 4.42. The van der Waals surface area contributed by atoms with Gasteiger partial charge in [0.25, 0.3) is 0 Å². The zero-order chi connectivity index (χ0) is 13.7. The van der Waals surface area contributed by atoms with E-state index >= 15 is 0 Å². The van der Waals surface area contributed by atoms with Crippen LogP contribution >= 0.6 is 15.9 Å². The molecule has 0 spiro atoms. The molecule has 0 amide bonds. The van der Waals surface area contributed by atoms with Gasteiger partial charge >= 0.3 is 0 Å². The Balaban J connectivity index is 1.99. The van der Waals surface area contributed by atoms with E-state index < -0.39 is 0 Å². The van der Waals surface area contributed by atoms with Crippen LogP contribution in [-0.4, -0.2) is 4.98 Å². The molecule has 1 atom stereocenters. The Morgan fingerprint density at radius 1 is 1.16 bits per heavy atom. The number of rotatable bonds is 5. The molecule has 0 saturated heterocycles. The van der Waals surface area contributed by atoms with Crippen molar-refractivity contribution in [2.45, 2.75) is 32.9 Å². The maximum Gasteiger partial charge on any atom is 0.0542 e. The number of hydrogen-bond acceptors (Lipinski definition) is 2. The molecular formula is C16H19BrN2. The Morgan fingerprint density at radius 3 is 2.47 bits per heavy atom. The number of nitrogens with one attached hydrogen (secondary N) is 1. The lowest BCUT2D eigenvalue weighted by molar-refractivity contribution is 0.514. The number of aromatic nitrogens is 1. The van der Waals surface area contributed by atoms with E-state index in [1.807, 2.05) is 6.20 Å². The van der Waals surface area contributed by atoms with Crippen molar-refractivity contribution < 1.29 is 0 Å². The molecule has 2 rings (SSSR count). The molecule has 1 N–H and O–H groups in total. The molecule has 2 aromatic rings. The summed E-state index contributed by atoms with van der Waals surface area (Å²) < 4.78 is 1.12. The highest BCUT2D eigenvalue weighted by Crippen LogP contribution is 2.19. The third kappa shape index (κ3) is 4.15. The second-order valence-electron chi connectivity index (χ2n) is 4.72. The molecule has 0 aliphatic rings.